The molecule has 1 amide bonds. The molecule has 0 saturated carbocycles. The van der Waals surface area contributed by atoms with Crippen molar-refractivity contribution in [2.75, 3.05) is 60.0 Å². The van der Waals surface area contributed by atoms with Gasteiger partial charge in [-0.15, -0.1) is 0 Å². The summed E-state index contributed by atoms with van der Waals surface area (Å²) in [6, 6.07) is 0.331. The number of morpholine rings is 1. The lowest BCUT2D eigenvalue weighted by atomic mass is 10.0. The minimum atomic E-state index is 0.00624. The first-order valence-corrected chi connectivity index (χ1v) is 9.93. The smallest absolute Gasteiger partial charge is 0.243 e. The Labute approximate surface area is 159 Å². The molecule has 0 spiro atoms. The van der Waals surface area contributed by atoms with E-state index in [0.717, 1.165) is 57.7 Å². The summed E-state index contributed by atoms with van der Waals surface area (Å²) < 4.78 is 5.38. The lowest BCUT2D eigenvalue weighted by molar-refractivity contribution is -0.127. The molecule has 1 atom stereocenters. The van der Waals surface area contributed by atoms with Crippen molar-refractivity contribution < 1.29 is 9.53 Å². The van der Waals surface area contributed by atoms with Gasteiger partial charge >= 0.3 is 0 Å². The van der Waals surface area contributed by atoms with Gasteiger partial charge in [0.25, 0.3) is 0 Å². The number of likely N-dealkylation sites (N-methyl/N-ethyl adjacent to an activating group) is 1. The maximum absolute atomic E-state index is 11.8. The number of hydrogen-bond donors (Lipinski definition) is 2. The Morgan fingerprint density at radius 2 is 1.88 bits per heavy atom. The fourth-order valence-corrected chi connectivity index (χ4v) is 2.74. The van der Waals surface area contributed by atoms with E-state index in [9.17, 15) is 4.79 Å². The number of hydrogen-bond acceptors (Lipinski definition) is 4. The summed E-state index contributed by atoms with van der Waals surface area (Å²) >= 11 is 0. The first kappa shape index (κ1) is 22.7. The summed E-state index contributed by atoms with van der Waals surface area (Å²) in [5.74, 6) is 1.47. The van der Waals surface area contributed by atoms with Gasteiger partial charge in [0.2, 0.25) is 5.91 Å². The average Bonchev–Trinajstić information content (AvgIpc) is 2.59. The van der Waals surface area contributed by atoms with Crippen molar-refractivity contribution in [1.29, 1.82) is 0 Å². The third-order valence-corrected chi connectivity index (χ3v) is 4.50. The Morgan fingerprint density at radius 3 is 2.50 bits per heavy atom. The zero-order chi connectivity index (χ0) is 19.4. The predicted octanol–water partition coefficient (Wildman–Crippen LogP) is 1.16. The molecule has 152 valence electrons. The largest absolute Gasteiger partial charge is 0.379 e. The minimum Gasteiger partial charge on any atom is -0.379 e. The number of amides is 1. The Morgan fingerprint density at radius 1 is 1.19 bits per heavy atom. The van der Waals surface area contributed by atoms with Gasteiger partial charge in [0.15, 0.2) is 5.96 Å². The van der Waals surface area contributed by atoms with Crippen LogP contribution in [0.1, 0.15) is 40.0 Å². The molecule has 0 radical (unpaired) electrons. The van der Waals surface area contributed by atoms with Crippen molar-refractivity contribution in [1.82, 2.24) is 20.4 Å². The SMILES string of the molecule is CC(C)CCCC(C)NC(=NCC(=O)N(C)C)NCCN1CCOCC1. The highest BCUT2D eigenvalue weighted by Crippen LogP contribution is 2.08. The van der Waals surface area contributed by atoms with Crippen LogP contribution in [0.3, 0.4) is 0 Å². The van der Waals surface area contributed by atoms with Crippen LogP contribution in [0.25, 0.3) is 0 Å². The normalized spacial score (nSPS) is 17.2. The average molecular weight is 370 g/mol. The molecule has 1 unspecified atom stereocenters. The quantitative estimate of drug-likeness (QED) is 0.447. The molecule has 0 aromatic heterocycles. The van der Waals surface area contributed by atoms with E-state index in [1.165, 1.54) is 12.8 Å². The second kappa shape index (κ2) is 12.9. The number of nitrogens with zero attached hydrogens (tertiary/aromatic N) is 3. The number of nitrogens with one attached hydrogen (secondary N) is 2. The fourth-order valence-electron chi connectivity index (χ4n) is 2.74. The van der Waals surface area contributed by atoms with Crippen LogP contribution in [-0.2, 0) is 9.53 Å². The number of ether oxygens (including phenoxy) is 1. The molecule has 7 heteroatoms. The summed E-state index contributed by atoms with van der Waals surface area (Å²) in [6.45, 7) is 12.2. The lowest BCUT2D eigenvalue weighted by Gasteiger charge is -2.27. The molecule has 2 N–H and O–H groups in total. The molecule has 26 heavy (non-hydrogen) atoms. The third-order valence-electron chi connectivity index (χ3n) is 4.50. The van der Waals surface area contributed by atoms with Crippen molar-refractivity contribution in [3.8, 4) is 0 Å². The molecule has 1 fully saturated rings. The van der Waals surface area contributed by atoms with Gasteiger partial charge in [0.05, 0.1) is 13.2 Å². The molecule has 1 rings (SSSR count). The van der Waals surface area contributed by atoms with E-state index in [4.69, 9.17) is 4.74 Å². The highest BCUT2D eigenvalue weighted by molar-refractivity contribution is 5.84. The van der Waals surface area contributed by atoms with Crippen LogP contribution in [0, 0.1) is 5.92 Å². The Balaban J connectivity index is 2.45. The molecule has 1 heterocycles. The number of carbonyl (C=O) groups excluding carboxylic acids is 1. The van der Waals surface area contributed by atoms with Crippen LogP contribution < -0.4 is 10.6 Å². The maximum atomic E-state index is 11.8. The molecule has 0 aromatic rings. The van der Waals surface area contributed by atoms with E-state index in [-0.39, 0.29) is 12.5 Å². The molecular formula is C19H39N5O2. The first-order chi connectivity index (χ1) is 12.4. The number of guanidine groups is 1. The molecule has 7 nitrogen and oxygen atoms in total. The Kier molecular flexibility index (Phi) is 11.3. The lowest BCUT2D eigenvalue weighted by Crippen LogP contribution is -2.47. The van der Waals surface area contributed by atoms with Gasteiger partial charge in [-0.05, 0) is 19.3 Å². The van der Waals surface area contributed by atoms with E-state index < -0.39 is 0 Å². The molecule has 1 saturated heterocycles. The van der Waals surface area contributed by atoms with E-state index in [1.807, 2.05) is 0 Å². The van der Waals surface area contributed by atoms with E-state index in [0.29, 0.717) is 6.04 Å². The van der Waals surface area contributed by atoms with Gasteiger partial charge in [0, 0.05) is 46.3 Å². The zero-order valence-electron chi connectivity index (χ0n) is 17.4. The Hall–Kier alpha value is -1.34. The van der Waals surface area contributed by atoms with Gasteiger partial charge in [-0.2, -0.15) is 0 Å². The van der Waals surface area contributed by atoms with Crippen LogP contribution >= 0.6 is 0 Å². The minimum absolute atomic E-state index is 0.00624. The van der Waals surface area contributed by atoms with Crippen molar-refractivity contribution in [3.05, 3.63) is 0 Å². The second-order valence-electron chi connectivity index (χ2n) is 7.70. The highest BCUT2D eigenvalue weighted by atomic mass is 16.5. The van der Waals surface area contributed by atoms with Crippen LogP contribution in [0.4, 0.5) is 0 Å². The molecule has 1 aliphatic heterocycles. The maximum Gasteiger partial charge on any atom is 0.243 e. The molecule has 0 bridgehead atoms. The fraction of sp³-hybridized carbons (Fsp3) is 0.895. The van der Waals surface area contributed by atoms with Gasteiger partial charge in [-0.1, -0.05) is 26.7 Å². The van der Waals surface area contributed by atoms with E-state index in [1.54, 1.807) is 19.0 Å². The van der Waals surface area contributed by atoms with Crippen molar-refractivity contribution in [2.45, 2.75) is 46.1 Å². The van der Waals surface area contributed by atoms with Crippen LogP contribution in [0.2, 0.25) is 0 Å². The summed E-state index contributed by atoms with van der Waals surface area (Å²) in [7, 11) is 3.51. The molecule has 0 aromatic carbocycles. The van der Waals surface area contributed by atoms with Gasteiger partial charge in [0.1, 0.15) is 6.54 Å². The monoisotopic (exact) mass is 369 g/mol. The van der Waals surface area contributed by atoms with Crippen LogP contribution in [-0.4, -0.2) is 87.7 Å². The standard InChI is InChI=1S/C19H39N5O2/c1-16(2)7-6-8-17(3)22-19(21-15-18(25)23(4)5)20-9-10-24-11-13-26-14-12-24/h16-17H,6-15H2,1-5H3,(H2,20,21,22). The van der Waals surface area contributed by atoms with Crippen molar-refractivity contribution in [2.24, 2.45) is 10.9 Å². The summed E-state index contributed by atoms with van der Waals surface area (Å²) in [6.07, 6.45) is 3.54. The first-order valence-electron chi connectivity index (χ1n) is 9.93. The zero-order valence-corrected chi connectivity index (χ0v) is 17.4. The topological polar surface area (TPSA) is 69.2 Å². The second-order valence-corrected chi connectivity index (χ2v) is 7.70. The summed E-state index contributed by atoms with van der Waals surface area (Å²) in [5.41, 5.74) is 0. The van der Waals surface area contributed by atoms with E-state index in [2.05, 4.69) is 41.3 Å². The number of aliphatic imine (C=N–C) groups is 1. The predicted molar refractivity (Wildman–Crippen MR) is 108 cm³/mol. The summed E-state index contributed by atoms with van der Waals surface area (Å²) in [4.78, 5) is 20.3. The van der Waals surface area contributed by atoms with E-state index >= 15 is 0 Å². The number of carbonyl (C=O) groups is 1. The highest BCUT2D eigenvalue weighted by Gasteiger charge is 2.11. The van der Waals surface area contributed by atoms with Crippen LogP contribution in [0.15, 0.2) is 4.99 Å². The molecule has 1 aliphatic rings. The third kappa shape index (κ3) is 10.6. The number of rotatable bonds is 10. The van der Waals surface area contributed by atoms with Crippen molar-refractivity contribution >= 4 is 11.9 Å². The van der Waals surface area contributed by atoms with Crippen molar-refractivity contribution in [3.63, 3.8) is 0 Å². The van der Waals surface area contributed by atoms with Gasteiger partial charge in [-0.25, -0.2) is 4.99 Å². The van der Waals surface area contributed by atoms with Gasteiger partial charge in [-0.3, -0.25) is 9.69 Å². The molecule has 0 aliphatic carbocycles. The molecular weight excluding hydrogens is 330 g/mol. The summed E-state index contributed by atoms with van der Waals surface area (Å²) in [5, 5.41) is 6.82. The van der Waals surface area contributed by atoms with Crippen LogP contribution in [0.5, 0.6) is 0 Å². The Bertz CT molecular complexity index is 420. The van der Waals surface area contributed by atoms with Gasteiger partial charge < -0.3 is 20.3 Å².